The number of carboxylic acids is 1. The molecule has 2 rings (SSSR count). The molecule has 2 aromatic carbocycles. The van der Waals surface area contributed by atoms with E-state index >= 15 is 0 Å². The fraction of sp³-hybridized carbons (Fsp3) is 0.188. The first-order chi connectivity index (χ1) is 11.1. The fourth-order valence-corrected chi connectivity index (χ4v) is 1.92. The minimum atomic E-state index is -1.08. The molecule has 0 heterocycles. The van der Waals surface area contributed by atoms with Crippen molar-refractivity contribution >= 4 is 28.6 Å². The van der Waals surface area contributed by atoms with Crippen LogP contribution in [0.1, 0.15) is 12.8 Å². The number of nitrogens with one attached hydrogen (secondary N) is 2. The van der Waals surface area contributed by atoms with Crippen LogP contribution in [0.25, 0.3) is 10.8 Å². The predicted molar refractivity (Wildman–Crippen MR) is 82.6 cm³/mol. The minimum Gasteiger partial charge on any atom is -0.483 e. The first kappa shape index (κ1) is 16.3. The Labute approximate surface area is 132 Å². The van der Waals surface area contributed by atoms with E-state index < -0.39 is 17.8 Å². The molecule has 0 aliphatic carbocycles. The van der Waals surface area contributed by atoms with Gasteiger partial charge < -0.3 is 9.84 Å². The third-order valence-electron chi connectivity index (χ3n) is 3.02. The third kappa shape index (κ3) is 4.99. The van der Waals surface area contributed by atoms with Gasteiger partial charge >= 0.3 is 5.97 Å². The zero-order chi connectivity index (χ0) is 16.7. The summed E-state index contributed by atoms with van der Waals surface area (Å²) in [5, 5.41) is 10.3. The molecule has 0 saturated carbocycles. The van der Waals surface area contributed by atoms with Crippen LogP contribution in [0, 0.1) is 0 Å². The van der Waals surface area contributed by atoms with E-state index in [4.69, 9.17) is 9.84 Å². The number of carbonyl (C=O) groups excluding carboxylic acids is 2. The second kappa shape index (κ2) is 7.79. The largest absolute Gasteiger partial charge is 0.483 e. The smallest absolute Gasteiger partial charge is 0.303 e. The molecule has 3 N–H and O–H groups in total. The van der Waals surface area contributed by atoms with Crippen molar-refractivity contribution in [3.8, 4) is 5.75 Å². The van der Waals surface area contributed by atoms with Gasteiger partial charge in [-0.1, -0.05) is 36.4 Å². The van der Waals surface area contributed by atoms with E-state index in [0.29, 0.717) is 5.75 Å². The summed E-state index contributed by atoms with van der Waals surface area (Å²) >= 11 is 0. The molecular weight excluding hydrogens is 300 g/mol. The number of carboxylic acid groups (broad SMARTS) is 1. The van der Waals surface area contributed by atoms with Crippen molar-refractivity contribution in [1.82, 2.24) is 10.9 Å². The van der Waals surface area contributed by atoms with Gasteiger partial charge in [-0.2, -0.15) is 0 Å². The molecule has 0 saturated heterocycles. The lowest BCUT2D eigenvalue weighted by molar-refractivity contribution is -0.139. The van der Waals surface area contributed by atoms with E-state index in [2.05, 4.69) is 10.9 Å². The Balaban J connectivity index is 1.82. The monoisotopic (exact) mass is 316 g/mol. The number of amides is 2. The molecule has 7 heteroatoms. The first-order valence-corrected chi connectivity index (χ1v) is 6.96. The summed E-state index contributed by atoms with van der Waals surface area (Å²) in [7, 11) is 0. The summed E-state index contributed by atoms with van der Waals surface area (Å²) in [4.78, 5) is 33.2. The Kier molecular flexibility index (Phi) is 5.51. The van der Waals surface area contributed by atoms with Gasteiger partial charge in [-0.3, -0.25) is 25.2 Å². The third-order valence-corrected chi connectivity index (χ3v) is 3.02. The van der Waals surface area contributed by atoms with Crippen LogP contribution in [0.15, 0.2) is 42.5 Å². The summed E-state index contributed by atoms with van der Waals surface area (Å²) in [6.45, 7) is -0.271. The second-order valence-electron chi connectivity index (χ2n) is 4.76. The van der Waals surface area contributed by atoms with Gasteiger partial charge in [0.15, 0.2) is 6.61 Å². The van der Waals surface area contributed by atoms with Crippen molar-refractivity contribution in [2.24, 2.45) is 0 Å². The fourth-order valence-electron chi connectivity index (χ4n) is 1.92. The van der Waals surface area contributed by atoms with Crippen molar-refractivity contribution in [3.63, 3.8) is 0 Å². The van der Waals surface area contributed by atoms with Crippen molar-refractivity contribution in [2.75, 3.05) is 6.61 Å². The molecule has 0 aliphatic heterocycles. The molecule has 2 amide bonds. The zero-order valence-corrected chi connectivity index (χ0v) is 12.2. The number of benzene rings is 2. The Hall–Kier alpha value is -3.09. The highest BCUT2D eigenvalue weighted by Gasteiger charge is 2.08. The topological polar surface area (TPSA) is 105 Å². The number of fused-ring (bicyclic) bond motifs is 1. The average Bonchev–Trinajstić information content (AvgIpc) is 2.56. The van der Waals surface area contributed by atoms with Crippen LogP contribution in [-0.4, -0.2) is 29.5 Å². The van der Waals surface area contributed by atoms with Gasteiger partial charge in [-0.15, -0.1) is 0 Å². The molecule has 23 heavy (non-hydrogen) atoms. The molecule has 0 aromatic heterocycles. The van der Waals surface area contributed by atoms with Crippen LogP contribution in [0.3, 0.4) is 0 Å². The molecule has 120 valence electrons. The number of ether oxygens (including phenoxy) is 1. The average molecular weight is 316 g/mol. The van der Waals surface area contributed by atoms with Gasteiger partial charge in [0.25, 0.3) is 5.91 Å². The van der Waals surface area contributed by atoms with Crippen molar-refractivity contribution < 1.29 is 24.2 Å². The summed E-state index contributed by atoms with van der Waals surface area (Å²) in [6.07, 6.45) is -0.506. The van der Waals surface area contributed by atoms with E-state index in [1.54, 1.807) is 6.07 Å². The molecule has 0 fully saturated rings. The SMILES string of the molecule is O=C(O)CCC(=O)NNC(=O)COc1cccc2ccccc12. The van der Waals surface area contributed by atoms with E-state index in [9.17, 15) is 14.4 Å². The lowest BCUT2D eigenvalue weighted by Gasteiger charge is -2.10. The van der Waals surface area contributed by atoms with Gasteiger partial charge in [0.1, 0.15) is 5.75 Å². The van der Waals surface area contributed by atoms with E-state index in [1.165, 1.54) is 0 Å². The summed E-state index contributed by atoms with van der Waals surface area (Å²) in [6, 6.07) is 13.1. The Morgan fingerprint density at radius 2 is 1.61 bits per heavy atom. The maximum Gasteiger partial charge on any atom is 0.303 e. The summed E-state index contributed by atoms with van der Waals surface area (Å²) in [5.74, 6) is -1.63. The molecule has 0 aliphatic rings. The van der Waals surface area contributed by atoms with Crippen LogP contribution < -0.4 is 15.6 Å². The number of hydrogen-bond donors (Lipinski definition) is 3. The van der Waals surface area contributed by atoms with Crippen molar-refractivity contribution in [1.29, 1.82) is 0 Å². The summed E-state index contributed by atoms with van der Waals surface area (Å²) in [5.41, 5.74) is 4.30. The Bertz CT molecular complexity index is 724. The Morgan fingerprint density at radius 3 is 2.39 bits per heavy atom. The highest BCUT2D eigenvalue weighted by molar-refractivity contribution is 5.89. The van der Waals surface area contributed by atoms with Crippen LogP contribution in [-0.2, 0) is 14.4 Å². The molecule has 0 unspecified atom stereocenters. The lowest BCUT2D eigenvalue weighted by Crippen LogP contribution is -2.43. The van der Waals surface area contributed by atoms with Crippen molar-refractivity contribution in [3.05, 3.63) is 42.5 Å². The first-order valence-electron chi connectivity index (χ1n) is 6.96. The van der Waals surface area contributed by atoms with E-state index in [1.807, 2.05) is 36.4 Å². The quantitative estimate of drug-likeness (QED) is 0.695. The van der Waals surface area contributed by atoms with Gasteiger partial charge in [-0.05, 0) is 11.5 Å². The number of rotatable bonds is 6. The van der Waals surface area contributed by atoms with Gasteiger partial charge in [0, 0.05) is 11.8 Å². The molecule has 0 bridgehead atoms. The Morgan fingerprint density at radius 1 is 0.913 bits per heavy atom. The molecule has 0 radical (unpaired) electrons. The zero-order valence-electron chi connectivity index (χ0n) is 12.2. The van der Waals surface area contributed by atoms with Gasteiger partial charge in [0.05, 0.1) is 6.42 Å². The van der Waals surface area contributed by atoms with Crippen LogP contribution >= 0.6 is 0 Å². The second-order valence-corrected chi connectivity index (χ2v) is 4.76. The minimum absolute atomic E-state index is 0.209. The maximum absolute atomic E-state index is 11.6. The van der Waals surface area contributed by atoms with Crippen molar-refractivity contribution in [2.45, 2.75) is 12.8 Å². The molecule has 2 aromatic rings. The van der Waals surface area contributed by atoms with Crippen LogP contribution in [0.5, 0.6) is 5.75 Å². The highest BCUT2D eigenvalue weighted by atomic mass is 16.5. The van der Waals surface area contributed by atoms with Gasteiger partial charge in [-0.25, -0.2) is 0 Å². The maximum atomic E-state index is 11.6. The van der Waals surface area contributed by atoms with Gasteiger partial charge in [0.2, 0.25) is 5.91 Å². The standard InChI is InChI=1S/C16H16N2O5/c19-14(8-9-16(21)22)17-18-15(20)10-23-13-7-3-5-11-4-1-2-6-12(11)13/h1-7H,8-10H2,(H,17,19)(H,18,20)(H,21,22). The molecule has 7 nitrogen and oxygen atoms in total. The van der Waals surface area contributed by atoms with E-state index in [-0.39, 0.29) is 19.4 Å². The number of carbonyl (C=O) groups is 3. The number of hydrogen-bond acceptors (Lipinski definition) is 4. The highest BCUT2D eigenvalue weighted by Crippen LogP contribution is 2.24. The molecule has 0 spiro atoms. The van der Waals surface area contributed by atoms with Crippen LogP contribution in [0.2, 0.25) is 0 Å². The normalized spacial score (nSPS) is 10.1. The number of hydrazine groups is 1. The van der Waals surface area contributed by atoms with E-state index in [0.717, 1.165) is 10.8 Å². The summed E-state index contributed by atoms with van der Waals surface area (Å²) < 4.78 is 5.45. The van der Waals surface area contributed by atoms with Crippen LogP contribution in [0.4, 0.5) is 0 Å². The lowest BCUT2D eigenvalue weighted by atomic mass is 10.1. The number of aliphatic carboxylic acids is 1. The predicted octanol–water partition coefficient (Wildman–Crippen LogP) is 1.23. The molecule has 0 atom stereocenters. The molecular formula is C16H16N2O5.